The maximum absolute atomic E-state index is 8.77. The van der Waals surface area contributed by atoms with Crippen LogP contribution in [0.1, 0.15) is 21.8 Å². The van der Waals surface area contributed by atoms with E-state index in [0.29, 0.717) is 0 Å². The molecule has 1 aromatic carbocycles. The molecule has 3 aromatic rings. The first-order valence-electron chi connectivity index (χ1n) is 8.14. The summed E-state index contributed by atoms with van der Waals surface area (Å²) in [6, 6.07) is 12.5. The monoisotopic (exact) mass is 351 g/mol. The number of aromatic nitrogens is 2. The van der Waals surface area contributed by atoms with Crippen molar-refractivity contribution in [3.05, 3.63) is 76.0 Å². The van der Waals surface area contributed by atoms with Crippen LogP contribution >= 0.6 is 11.3 Å². The van der Waals surface area contributed by atoms with Gasteiger partial charge in [-0.1, -0.05) is 42.2 Å². The lowest BCUT2D eigenvalue weighted by Crippen LogP contribution is -2.19. The summed E-state index contributed by atoms with van der Waals surface area (Å²) in [6.07, 6.45) is 3.89. The first-order valence-corrected chi connectivity index (χ1v) is 9.02. The van der Waals surface area contributed by atoms with Crippen LogP contribution < -0.4 is 0 Å². The van der Waals surface area contributed by atoms with E-state index in [0.717, 1.165) is 31.0 Å². The lowest BCUT2D eigenvalue weighted by molar-refractivity contribution is 0.308. The minimum atomic E-state index is -0.102. The minimum absolute atomic E-state index is 0.102. The fraction of sp³-hybridized carbons (Fsp3) is 0.250. The van der Waals surface area contributed by atoms with Gasteiger partial charge >= 0.3 is 0 Å². The van der Waals surface area contributed by atoms with Gasteiger partial charge in [-0.3, -0.25) is 4.90 Å². The predicted molar refractivity (Wildman–Crippen MR) is 101 cm³/mol. The SMILES string of the molecule is CN(Cc1cc(C#CCO)cs1)Cc1nccn1Cc1ccccc1. The van der Waals surface area contributed by atoms with Crippen LogP contribution in [0, 0.1) is 11.8 Å². The second-order valence-corrected chi connectivity index (χ2v) is 6.89. The lowest BCUT2D eigenvalue weighted by atomic mass is 10.2. The Balaban J connectivity index is 1.61. The normalized spacial score (nSPS) is 10.7. The zero-order valence-corrected chi connectivity index (χ0v) is 15.0. The zero-order chi connectivity index (χ0) is 17.5. The van der Waals surface area contributed by atoms with Crippen LogP contribution in [0.2, 0.25) is 0 Å². The van der Waals surface area contributed by atoms with Crippen LogP contribution in [0.4, 0.5) is 0 Å². The van der Waals surface area contributed by atoms with Crippen molar-refractivity contribution in [3.8, 4) is 11.8 Å². The average Bonchev–Trinajstić information content (AvgIpc) is 3.24. The van der Waals surface area contributed by atoms with E-state index in [1.54, 1.807) is 11.3 Å². The predicted octanol–water partition coefficient (Wildman–Crippen LogP) is 2.97. The van der Waals surface area contributed by atoms with E-state index in [1.807, 2.05) is 23.8 Å². The molecule has 0 unspecified atom stereocenters. The number of rotatable bonds is 6. The van der Waals surface area contributed by atoms with E-state index >= 15 is 0 Å². The highest BCUT2D eigenvalue weighted by atomic mass is 32.1. The van der Waals surface area contributed by atoms with Crippen molar-refractivity contribution in [2.45, 2.75) is 19.6 Å². The van der Waals surface area contributed by atoms with Gasteiger partial charge in [0, 0.05) is 41.3 Å². The Bertz CT molecular complexity index is 858. The summed E-state index contributed by atoms with van der Waals surface area (Å²) < 4.78 is 2.19. The topological polar surface area (TPSA) is 41.3 Å². The minimum Gasteiger partial charge on any atom is -0.384 e. The van der Waals surface area contributed by atoms with E-state index in [1.165, 1.54) is 10.4 Å². The highest BCUT2D eigenvalue weighted by molar-refractivity contribution is 7.10. The van der Waals surface area contributed by atoms with E-state index in [4.69, 9.17) is 5.11 Å². The average molecular weight is 351 g/mol. The van der Waals surface area contributed by atoms with Crippen molar-refractivity contribution >= 4 is 11.3 Å². The molecule has 1 N–H and O–H groups in total. The van der Waals surface area contributed by atoms with Crippen molar-refractivity contribution in [1.82, 2.24) is 14.5 Å². The van der Waals surface area contributed by atoms with Crippen LogP contribution in [0.3, 0.4) is 0 Å². The fourth-order valence-electron chi connectivity index (χ4n) is 2.65. The molecule has 5 heteroatoms. The lowest BCUT2D eigenvalue weighted by Gasteiger charge is -2.16. The second kappa shape index (κ2) is 8.63. The molecule has 128 valence electrons. The summed E-state index contributed by atoms with van der Waals surface area (Å²) in [7, 11) is 2.10. The molecule has 0 fully saturated rings. The largest absolute Gasteiger partial charge is 0.384 e. The van der Waals surface area contributed by atoms with Crippen molar-refractivity contribution in [3.63, 3.8) is 0 Å². The van der Waals surface area contributed by atoms with Crippen LogP contribution in [0.25, 0.3) is 0 Å². The summed E-state index contributed by atoms with van der Waals surface area (Å²) in [5.74, 6) is 6.69. The Hall–Kier alpha value is -2.39. The molecular weight excluding hydrogens is 330 g/mol. The smallest absolute Gasteiger partial charge is 0.123 e. The summed E-state index contributed by atoms with van der Waals surface area (Å²) >= 11 is 1.69. The summed E-state index contributed by atoms with van der Waals surface area (Å²) in [6.45, 7) is 2.37. The van der Waals surface area contributed by atoms with E-state index in [-0.39, 0.29) is 6.61 Å². The van der Waals surface area contributed by atoms with Gasteiger partial charge in [0.1, 0.15) is 12.4 Å². The van der Waals surface area contributed by atoms with Crippen molar-refractivity contribution in [2.75, 3.05) is 13.7 Å². The molecule has 2 heterocycles. The van der Waals surface area contributed by atoms with Gasteiger partial charge in [0.2, 0.25) is 0 Å². The molecule has 25 heavy (non-hydrogen) atoms. The summed E-state index contributed by atoms with van der Waals surface area (Å²) in [4.78, 5) is 8.02. The Morgan fingerprint density at radius 1 is 1.24 bits per heavy atom. The van der Waals surface area contributed by atoms with Gasteiger partial charge < -0.3 is 9.67 Å². The zero-order valence-electron chi connectivity index (χ0n) is 14.2. The molecule has 4 nitrogen and oxygen atoms in total. The molecule has 0 radical (unpaired) electrons. The third kappa shape index (κ3) is 5.04. The molecule has 0 saturated carbocycles. The highest BCUT2D eigenvalue weighted by Crippen LogP contribution is 2.17. The van der Waals surface area contributed by atoms with Crippen LogP contribution in [0.5, 0.6) is 0 Å². The van der Waals surface area contributed by atoms with Crippen molar-refractivity contribution in [1.29, 1.82) is 0 Å². The maximum atomic E-state index is 8.77. The molecule has 0 aliphatic heterocycles. The number of benzene rings is 1. The molecule has 0 amide bonds. The summed E-state index contributed by atoms with van der Waals surface area (Å²) in [5.41, 5.74) is 2.24. The van der Waals surface area contributed by atoms with Gasteiger partial charge in [0.15, 0.2) is 0 Å². The molecule has 0 aliphatic carbocycles. The van der Waals surface area contributed by atoms with Gasteiger partial charge in [-0.05, 0) is 18.7 Å². The van der Waals surface area contributed by atoms with Crippen LogP contribution in [-0.4, -0.2) is 33.2 Å². The van der Waals surface area contributed by atoms with Gasteiger partial charge in [0.05, 0.1) is 6.54 Å². The molecule has 3 rings (SSSR count). The maximum Gasteiger partial charge on any atom is 0.123 e. The van der Waals surface area contributed by atoms with Crippen molar-refractivity contribution < 1.29 is 5.11 Å². The molecule has 2 aromatic heterocycles. The summed E-state index contributed by atoms with van der Waals surface area (Å²) in [5, 5.41) is 10.8. The molecular formula is C20H21N3OS. The van der Waals surface area contributed by atoms with Gasteiger partial charge in [-0.25, -0.2) is 4.98 Å². The Morgan fingerprint density at radius 3 is 2.88 bits per heavy atom. The third-order valence-electron chi connectivity index (χ3n) is 3.80. The first kappa shape index (κ1) is 17.4. The van der Waals surface area contributed by atoms with Gasteiger partial charge in [-0.15, -0.1) is 11.3 Å². The number of nitrogens with zero attached hydrogens (tertiary/aromatic N) is 3. The molecule has 0 spiro atoms. The number of hydrogen-bond donors (Lipinski definition) is 1. The van der Waals surface area contributed by atoms with Gasteiger partial charge in [0.25, 0.3) is 0 Å². The Kier molecular flexibility index (Phi) is 6.02. The molecule has 0 aliphatic rings. The van der Waals surface area contributed by atoms with E-state index in [2.05, 4.69) is 63.7 Å². The molecule has 0 bridgehead atoms. The van der Waals surface area contributed by atoms with E-state index < -0.39 is 0 Å². The molecule has 0 atom stereocenters. The number of imidazole rings is 1. The third-order valence-corrected chi connectivity index (χ3v) is 4.72. The Labute approximate surface area is 152 Å². The number of thiophene rings is 1. The quantitative estimate of drug-likeness (QED) is 0.694. The first-order chi connectivity index (χ1) is 12.2. The number of hydrogen-bond acceptors (Lipinski definition) is 4. The number of aliphatic hydroxyl groups is 1. The van der Waals surface area contributed by atoms with Crippen LogP contribution in [0.15, 0.2) is 54.2 Å². The highest BCUT2D eigenvalue weighted by Gasteiger charge is 2.09. The molecule has 0 saturated heterocycles. The van der Waals surface area contributed by atoms with Crippen molar-refractivity contribution in [2.24, 2.45) is 0 Å². The standard InChI is InChI=1S/C20H21N3OS/c1-22(14-19-12-18(16-25-19)8-5-11-24)15-20-21-9-10-23(20)13-17-6-3-2-4-7-17/h2-4,6-7,9-10,12,16,24H,11,13-15H2,1H3. The second-order valence-electron chi connectivity index (χ2n) is 5.89. The number of aliphatic hydroxyl groups excluding tert-OH is 1. The van der Waals surface area contributed by atoms with Gasteiger partial charge in [-0.2, -0.15) is 0 Å². The Morgan fingerprint density at radius 2 is 2.08 bits per heavy atom. The van der Waals surface area contributed by atoms with Crippen LogP contribution in [-0.2, 0) is 19.6 Å². The fourth-order valence-corrected chi connectivity index (χ4v) is 3.55. The van der Waals surface area contributed by atoms with E-state index in [9.17, 15) is 0 Å².